The summed E-state index contributed by atoms with van der Waals surface area (Å²) in [4.78, 5) is 1.50. The van der Waals surface area contributed by atoms with Crippen LogP contribution in [-0.4, -0.2) is 4.98 Å². The fraction of sp³-hybridized carbons (Fsp3) is 0. The smallest absolute Gasteiger partial charge is 0.230 e. The van der Waals surface area contributed by atoms with Crippen molar-refractivity contribution in [3.8, 4) is 0 Å². The fourth-order valence-corrected chi connectivity index (χ4v) is 0.675. The molecule has 0 aliphatic carbocycles. The van der Waals surface area contributed by atoms with Gasteiger partial charge in [-0.25, -0.2) is 4.39 Å². The van der Waals surface area contributed by atoms with Crippen LogP contribution in [0.25, 0.3) is 0 Å². The molecule has 1 nitrogen and oxygen atoms in total. The Morgan fingerprint density at radius 1 is 1.30 bits per heavy atom. The third-order valence-electron chi connectivity index (χ3n) is 0.896. The van der Waals surface area contributed by atoms with Crippen LogP contribution in [0, 0.1) is 22.2 Å². The highest BCUT2D eigenvalue weighted by Crippen LogP contribution is 2.05. The van der Waals surface area contributed by atoms with Gasteiger partial charge in [-0.05, 0) is 0 Å². The minimum absolute atomic E-state index is 0.464. The molecule has 1 heterocycles. The van der Waals surface area contributed by atoms with Crippen LogP contribution in [0.1, 0.15) is 0 Å². The average Bonchev–Trinajstić information content (AvgIpc) is 1.82. The van der Waals surface area contributed by atoms with Gasteiger partial charge >= 0.3 is 0 Å². The van der Waals surface area contributed by atoms with Gasteiger partial charge in [0.15, 0.2) is 11.8 Å². The van der Waals surface area contributed by atoms with Crippen molar-refractivity contribution in [1.82, 2.24) is 4.98 Å². The Bertz CT molecular complexity index is 306. The third kappa shape index (κ3) is 1.18. The van der Waals surface area contributed by atoms with Crippen LogP contribution < -0.4 is 0 Å². The van der Waals surface area contributed by atoms with Gasteiger partial charge in [0, 0.05) is 6.07 Å². The maximum absolute atomic E-state index is 12.2. The van der Waals surface area contributed by atoms with E-state index in [0.29, 0.717) is 6.07 Å². The van der Waals surface area contributed by atoms with Crippen molar-refractivity contribution in [3.05, 3.63) is 28.3 Å². The van der Waals surface area contributed by atoms with E-state index in [1.165, 1.54) is 4.98 Å². The van der Waals surface area contributed by atoms with Gasteiger partial charge in [-0.2, -0.15) is 8.78 Å². The second-order valence-corrected chi connectivity index (χ2v) is 2.05. The Hall–Kier alpha value is -0.840. The predicted octanol–water partition coefficient (Wildman–Crippen LogP) is 2.16. The zero-order valence-electron chi connectivity index (χ0n) is 4.62. The molecule has 54 valence electrons. The van der Waals surface area contributed by atoms with E-state index in [1.807, 2.05) is 0 Å². The minimum Gasteiger partial charge on any atom is -0.306 e. The van der Waals surface area contributed by atoms with Gasteiger partial charge in [0.1, 0.15) is 0 Å². The molecule has 10 heavy (non-hydrogen) atoms. The number of halogens is 3. The Morgan fingerprint density at radius 3 is 2.40 bits per heavy atom. The maximum Gasteiger partial charge on any atom is 0.230 e. The number of H-pyrrole nitrogens is 1. The summed E-state index contributed by atoms with van der Waals surface area (Å²) in [6.45, 7) is 0. The molecule has 1 rings (SSSR count). The van der Waals surface area contributed by atoms with Crippen LogP contribution in [0.5, 0.6) is 0 Å². The quantitative estimate of drug-likeness (QED) is 0.460. The number of aromatic amines is 1. The van der Waals surface area contributed by atoms with Crippen LogP contribution in [0.15, 0.2) is 6.07 Å². The average molecular weight is 165 g/mol. The first-order valence-corrected chi connectivity index (χ1v) is 2.76. The molecular formula is C5H2F3NS. The summed E-state index contributed by atoms with van der Waals surface area (Å²) in [5, 5.41) is 0. The van der Waals surface area contributed by atoms with Gasteiger partial charge in [-0.1, -0.05) is 12.2 Å². The van der Waals surface area contributed by atoms with Gasteiger partial charge < -0.3 is 4.98 Å². The Balaban J connectivity index is 3.46. The highest BCUT2D eigenvalue weighted by molar-refractivity contribution is 7.71. The highest BCUT2D eigenvalue weighted by Gasteiger charge is 2.04. The van der Waals surface area contributed by atoms with E-state index < -0.39 is 22.2 Å². The van der Waals surface area contributed by atoms with E-state index in [1.54, 1.807) is 0 Å². The minimum atomic E-state index is -1.37. The lowest BCUT2D eigenvalue weighted by Gasteiger charge is -1.91. The van der Waals surface area contributed by atoms with Gasteiger partial charge in [0.05, 0.1) is 4.51 Å². The van der Waals surface area contributed by atoms with E-state index in [4.69, 9.17) is 0 Å². The summed E-state index contributed by atoms with van der Waals surface area (Å²) in [7, 11) is 0. The van der Waals surface area contributed by atoms with Gasteiger partial charge in [-0.3, -0.25) is 0 Å². The van der Waals surface area contributed by atoms with Crippen molar-refractivity contribution in [2.75, 3.05) is 0 Å². The molecule has 0 aliphatic rings. The third-order valence-corrected chi connectivity index (χ3v) is 1.19. The Kier molecular flexibility index (Phi) is 1.76. The number of hydrogen-bond donors (Lipinski definition) is 1. The molecule has 0 saturated carbocycles. The molecule has 0 atom stereocenters. The topological polar surface area (TPSA) is 15.8 Å². The molecule has 1 N–H and O–H groups in total. The number of aromatic nitrogens is 1. The first kappa shape index (κ1) is 7.27. The monoisotopic (exact) mass is 165 g/mol. The molecule has 0 aliphatic heterocycles. The van der Waals surface area contributed by atoms with Crippen LogP contribution in [-0.2, 0) is 0 Å². The molecule has 0 fully saturated rings. The van der Waals surface area contributed by atoms with E-state index >= 15 is 0 Å². The normalized spacial score (nSPS) is 9.90. The van der Waals surface area contributed by atoms with Gasteiger partial charge in [-0.15, -0.1) is 0 Å². The van der Waals surface area contributed by atoms with Crippen molar-refractivity contribution in [1.29, 1.82) is 0 Å². The van der Waals surface area contributed by atoms with Crippen molar-refractivity contribution in [3.63, 3.8) is 0 Å². The molecule has 1 aromatic rings. The molecular weight excluding hydrogens is 163 g/mol. The standard InChI is InChI=1S/C5H2F3NS/c6-3-1-2(10)4(7)5(8)9-3/h1H,(H,9,10). The lowest BCUT2D eigenvalue weighted by molar-refractivity contribution is 0.445. The summed E-state index contributed by atoms with van der Waals surface area (Å²) in [5.41, 5.74) is 0. The molecule has 0 amide bonds. The summed E-state index contributed by atoms with van der Waals surface area (Å²) in [6.07, 6.45) is 0. The largest absolute Gasteiger partial charge is 0.306 e. The summed E-state index contributed by atoms with van der Waals surface area (Å²) >= 11 is 4.25. The first-order valence-electron chi connectivity index (χ1n) is 2.35. The summed E-state index contributed by atoms with van der Waals surface area (Å²) in [6, 6.07) is 0.702. The van der Waals surface area contributed by atoms with E-state index in [9.17, 15) is 13.2 Å². The highest BCUT2D eigenvalue weighted by atomic mass is 32.1. The summed E-state index contributed by atoms with van der Waals surface area (Å²) in [5.74, 6) is -3.58. The maximum atomic E-state index is 12.2. The van der Waals surface area contributed by atoms with Crippen LogP contribution >= 0.6 is 12.2 Å². The zero-order chi connectivity index (χ0) is 7.72. The SMILES string of the molecule is Fc1cc(=S)c(F)c(F)[nH]1. The molecule has 0 radical (unpaired) electrons. The fourth-order valence-electron chi connectivity index (χ4n) is 0.482. The molecule has 0 unspecified atom stereocenters. The van der Waals surface area contributed by atoms with E-state index in [2.05, 4.69) is 12.2 Å². The van der Waals surface area contributed by atoms with Crippen LogP contribution in [0.3, 0.4) is 0 Å². The number of hydrogen-bond acceptors (Lipinski definition) is 1. The second-order valence-electron chi connectivity index (χ2n) is 1.61. The molecule has 0 aromatic carbocycles. The van der Waals surface area contributed by atoms with Crippen molar-refractivity contribution < 1.29 is 13.2 Å². The van der Waals surface area contributed by atoms with Gasteiger partial charge in [0.2, 0.25) is 5.95 Å². The van der Waals surface area contributed by atoms with Crippen LogP contribution in [0.4, 0.5) is 13.2 Å². The molecule has 0 saturated heterocycles. The molecule has 1 aromatic heterocycles. The van der Waals surface area contributed by atoms with Gasteiger partial charge in [0.25, 0.3) is 0 Å². The predicted molar refractivity (Wildman–Crippen MR) is 31.5 cm³/mol. The molecule has 0 spiro atoms. The number of rotatable bonds is 0. The summed E-state index contributed by atoms with van der Waals surface area (Å²) < 4.78 is 36.0. The Labute approximate surface area is 59.5 Å². The van der Waals surface area contributed by atoms with Crippen molar-refractivity contribution >= 4 is 12.2 Å². The second kappa shape index (κ2) is 2.42. The lowest BCUT2D eigenvalue weighted by atomic mass is 10.5. The number of pyridine rings is 1. The van der Waals surface area contributed by atoms with Crippen molar-refractivity contribution in [2.24, 2.45) is 0 Å². The zero-order valence-corrected chi connectivity index (χ0v) is 5.44. The lowest BCUT2D eigenvalue weighted by Crippen LogP contribution is -1.93. The molecule has 0 bridgehead atoms. The Morgan fingerprint density at radius 2 is 1.90 bits per heavy atom. The van der Waals surface area contributed by atoms with E-state index in [0.717, 1.165) is 0 Å². The molecule has 5 heteroatoms. The van der Waals surface area contributed by atoms with Crippen molar-refractivity contribution in [2.45, 2.75) is 0 Å². The number of nitrogens with one attached hydrogen (secondary N) is 1. The van der Waals surface area contributed by atoms with Crippen LogP contribution in [0.2, 0.25) is 0 Å². The van der Waals surface area contributed by atoms with E-state index in [-0.39, 0.29) is 0 Å². The first-order chi connectivity index (χ1) is 4.61.